The van der Waals surface area contributed by atoms with Gasteiger partial charge in [0, 0.05) is 32.1 Å². The molecule has 354 valence electrons. The molecular formula is C44H48BBrF6N6O6S2. The lowest BCUT2D eigenvalue weighted by Crippen LogP contribution is -2.41. The molecular weight excluding hydrogens is 977 g/mol. The summed E-state index contributed by atoms with van der Waals surface area (Å²) < 4.78 is 148. The van der Waals surface area contributed by atoms with Crippen molar-refractivity contribution in [3.8, 4) is 11.3 Å². The first-order valence-electron chi connectivity index (χ1n) is 20.0. The van der Waals surface area contributed by atoms with Crippen LogP contribution in [0.2, 0.25) is 0 Å². The maximum absolute atomic E-state index is 13.1. The molecule has 22 heteroatoms. The summed E-state index contributed by atoms with van der Waals surface area (Å²) >= 11 is 3.20. The minimum absolute atomic E-state index is 0.0208. The molecule has 1 aliphatic rings. The van der Waals surface area contributed by atoms with E-state index >= 15 is 0 Å². The SMILES string of the molecule is CNS(=O)(=O)c1ccc(Cc2cccc(C(F)(F)F)c2)c(-c2cn(C)cn2)c1.CNS(=O)(=O)c1ccc(Cc2cccc(C(F)(F)F)c2)c(B2OC(C)(C)C(C)(C)O2)c1.Cn1cnc(Br)c1. The second kappa shape index (κ2) is 20.2. The molecule has 6 aromatic rings. The normalized spacial score (nSPS) is 14.9. The van der Waals surface area contributed by atoms with Crippen molar-refractivity contribution in [3.63, 3.8) is 0 Å². The number of aromatic nitrogens is 4. The summed E-state index contributed by atoms with van der Waals surface area (Å²) in [7, 11) is -1.95. The van der Waals surface area contributed by atoms with Crippen LogP contribution in [-0.2, 0) is 68.6 Å². The molecule has 7 rings (SSSR count). The lowest BCUT2D eigenvalue weighted by atomic mass is 9.74. The van der Waals surface area contributed by atoms with Gasteiger partial charge in [0.2, 0.25) is 20.0 Å². The number of sulfonamides is 2. The Labute approximate surface area is 389 Å². The summed E-state index contributed by atoms with van der Waals surface area (Å²) in [6.45, 7) is 7.47. The fraction of sp³-hybridized carbons (Fsp3) is 0.318. The third-order valence-corrected chi connectivity index (χ3v) is 14.0. The van der Waals surface area contributed by atoms with Crippen LogP contribution in [0.3, 0.4) is 0 Å². The van der Waals surface area contributed by atoms with Gasteiger partial charge >= 0.3 is 19.5 Å². The van der Waals surface area contributed by atoms with Crippen molar-refractivity contribution in [3.05, 3.63) is 148 Å². The number of nitrogens with one attached hydrogen (secondary N) is 2. The van der Waals surface area contributed by atoms with Crippen molar-refractivity contribution in [2.24, 2.45) is 14.1 Å². The summed E-state index contributed by atoms with van der Waals surface area (Å²) in [6, 6.07) is 19.1. The standard InChI is InChI=1S/C21H25BF3NO4S.C19H18F3N3O2S.C4H5BrN2/c1-19(2)20(3,4)30-22(29-19)18-13-17(31(27,28)26-5)10-9-15(18)11-14-7-6-8-16(12-14)21(23,24)25;1-23-28(26,27)16-7-6-14(17(10-16)18-11-25(2)12-24-18)8-13-4-3-5-15(9-13)19(20,21)22;1-7-2-4(5)6-3-7/h6-10,12-13,26H,11H2,1-5H3;3-7,9-12,23H,8H2,1-2H3;2-3H,1H3. The Kier molecular flexibility index (Phi) is 15.9. The van der Waals surface area contributed by atoms with E-state index in [1.54, 1.807) is 54.7 Å². The van der Waals surface area contributed by atoms with Crippen LogP contribution in [0, 0.1) is 0 Å². The zero-order valence-electron chi connectivity index (χ0n) is 37.1. The van der Waals surface area contributed by atoms with Crippen LogP contribution in [0.5, 0.6) is 0 Å². The van der Waals surface area contributed by atoms with Crippen LogP contribution in [0.4, 0.5) is 26.3 Å². The van der Waals surface area contributed by atoms with Crippen LogP contribution in [0.1, 0.15) is 61.1 Å². The number of hydrogen-bond donors (Lipinski definition) is 2. The van der Waals surface area contributed by atoms with Gasteiger partial charge in [-0.2, -0.15) is 26.3 Å². The lowest BCUT2D eigenvalue weighted by molar-refractivity contribution is -0.138. The first kappa shape index (κ1) is 52.1. The summed E-state index contributed by atoms with van der Waals surface area (Å²) in [5.41, 5.74) is 0.968. The minimum atomic E-state index is -4.45. The van der Waals surface area contributed by atoms with Crippen molar-refractivity contribution in [1.29, 1.82) is 0 Å². The Morgan fingerprint density at radius 1 is 0.652 bits per heavy atom. The first-order chi connectivity index (χ1) is 30.5. The molecule has 0 saturated carbocycles. The number of imidazole rings is 2. The molecule has 0 spiro atoms. The lowest BCUT2D eigenvalue weighted by Gasteiger charge is -2.32. The number of benzene rings is 4. The van der Waals surface area contributed by atoms with Crippen molar-refractivity contribution in [2.45, 2.75) is 73.9 Å². The van der Waals surface area contributed by atoms with Gasteiger partial charge in [0.1, 0.15) is 4.60 Å². The molecule has 0 atom stereocenters. The number of aryl methyl sites for hydroxylation is 2. The van der Waals surface area contributed by atoms with E-state index in [2.05, 4.69) is 35.3 Å². The van der Waals surface area contributed by atoms with Crippen LogP contribution >= 0.6 is 15.9 Å². The molecule has 3 heterocycles. The number of hydrogen-bond acceptors (Lipinski definition) is 8. The van der Waals surface area contributed by atoms with Crippen molar-refractivity contribution in [1.82, 2.24) is 28.5 Å². The Bertz CT molecular complexity index is 2860. The zero-order valence-corrected chi connectivity index (χ0v) is 40.3. The predicted molar refractivity (Wildman–Crippen MR) is 243 cm³/mol. The molecule has 0 aliphatic carbocycles. The van der Waals surface area contributed by atoms with Gasteiger partial charge in [0.05, 0.1) is 50.5 Å². The van der Waals surface area contributed by atoms with Gasteiger partial charge in [-0.05, 0) is 135 Å². The Hall–Kier alpha value is -4.84. The minimum Gasteiger partial charge on any atom is -0.399 e. The molecule has 0 bridgehead atoms. The topological polar surface area (TPSA) is 146 Å². The van der Waals surface area contributed by atoms with Crippen LogP contribution in [0.15, 0.2) is 124 Å². The van der Waals surface area contributed by atoms with Crippen molar-refractivity contribution in [2.75, 3.05) is 14.1 Å². The number of nitrogens with zero attached hydrogens (tertiary/aromatic N) is 4. The molecule has 1 fully saturated rings. The Morgan fingerprint density at radius 3 is 1.52 bits per heavy atom. The highest BCUT2D eigenvalue weighted by atomic mass is 79.9. The maximum Gasteiger partial charge on any atom is 0.495 e. The molecule has 0 unspecified atom stereocenters. The molecule has 0 radical (unpaired) electrons. The highest BCUT2D eigenvalue weighted by Gasteiger charge is 2.52. The monoisotopic (exact) mass is 1020 g/mol. The maximum atomic E-state index is 13.1. The predicted octanol–water partition coefficient (Wildman–Crippen LogP) is 8.29. The zero-order chi connectivity index (χ0) is 49.0. The number of rotatable bonds is 10. The van der Waals surface area contributed by atoms with Crippen LogP contribution in [-0.4, -0.2) is 68.4 Å². The smallest absolute Gasteiger partial charge is 0.399 e. The molecule has 12 nitrogen and oxygen atoms in total. The summed E-state index contributed by atoms with van der Waals surface area (Å²) in [6.07, 6.45) is -1.59. The van der Waals surface area contributed by atoms with Crippen molar-refractivity contribution >= 4 is 48.6 Å². The van der Waals surface area contributed by atoms with Gasteiger partial charge in [0.15, 0.2) is 0 Å². The second-order valence-electron chi connectivity index (χ2n) is 16.2. The van der Waals surface area contributed by atoms with Crippen LogP contribution < -0.4 is 14.9 Å². The molecule has 1 saturated heterocycles. The number of alkyl halides is 6. The number of halogens is 7. The first-order valence-corrected chi connectivity index (χ1v) is 23.7. The molecule has 66 heavy (non-hydrogen) atoms. The summed E-state index contributed by atoms with van der Waals surface area (Å²) in [5.74, 6) is 0. The van der Waals surface area contributed by atoms with Gasteiger partial charge in [0.25, 0.3) is 0 Å². The summed E-state index contributed by atoms with van der Waals surface area (Å²) in [5, 5.41) is 0. The van der Waals surface area contributed by atoms with E-state index in [0.29, 0.717) is 39.0 Å². The molecule has 2 N–H and O–H groups in total. The van der Waals surface area contributed by atoms with Gasteiger partial charge in [-0.15, -0.1) is 0 Å². The van der Waals surface area contributed by atoms with Gasteiger partial charge in [-0.25, -0.2) is 36.2 Å². The molecule has 1 aliphatic heterocycles. The van der Waals surface area contributed by atoms with Crippen molar-refractivity contribution < 1.29 is 52.5 Å². The van der Waals surface area contributed by atoms with E-state index < -0.39 is 61.8 Å². The molecule has 4 aromatic carbocycles. The third kappa shape index (κ3) is 13.0. The van der Waals surface area contributed by atoms with Gasteiger partial charge < -0.3 is 18.4 Å². The average Bonchev–Trinajstić information content (AvgIpc) is 3.92. The van der Waals surface area contributed by atoms with E-state index in [0.717, 1.165) is 28.9 Å². The fourth-order valence-electron chi connectivity index (χ4n) is 6.53. The highest BCUT2D eigenvalue weighted by molar-refractivity contribution is 9.10. The van der Waals surface area contributed by atoms with E-state index in [1.165, 1.54) is 50.5 Å². The molecule has 0 amide bonds. The van der Waals surface area contributed by atoms with E-state index in [-0.39, 0.29) is 22.6 Å². The van der Waals surface area contributed by atoms with E-state index in [4.69, 9.17) is 9.31 Å². The van der Waals surface area contributed by atoms with E-state index in [9.17, 15) is 43.2 Å². The van der Waals surface area contributed by atoms with Gasteiger partial charge in [-0.3, -0.25) is 0 Å². The molecule has 2 aromatic heterocycles. The summed E-state index contributed by atoms with van der Waals surface area (Å²) in [4.78, 5) is 8.24. The average molecular weight is 1030 g/mol. The second-order valence-corrected chi connectivity index (χ2v) is 20.8. The fourth-order valence-corrected chi connectivity index (χ4v) is 8.46. The third-order valence-electron chi connectivity index (χ3n) is 10.8. The Morgan fingerprint density at radius 2 is 1.11 bits per heavy atom. The highest BCUT2D eigenvalue weighted by Crippen LogP contribution is 2.38. The quantitative estimate of drug-likeness (QED) is 0.103. The largest absolute Gasteiger partial charge is 0.495 e. The van der Waals surface area contributed by atoms with Gasteiger partial charge in [-0.1, -0.05) is 48.5 Å². The Balaban J connectivity index is 0.000000216. The van der Waals surface area contributed by atoms with E-state index in [1.807, 2.05) is 45.5 Å². The van der Waals surface area contributed by atoms with Crippen LogP contribution in [0.25, 0.3) is 11.3 Å².